The third-order valence-electron chi connectivity index (χ3n) is 13.8. The lowest BCUT2D eigenvalue weighted by atomic mass is 9.92. The van der Waals surface area contributed by atoms with Crippen molar-refractivity contribution >= 4 is 11.9 Å². The lowest BCUT2D eigenvalue weighted by molar-refractivity contribution is -0.179. The molecule has 0 aromatic carbocycles. The van der Waals surface area contributed by atoms with Gasteiger partial charge < -0.3 is 18.9 Å². The van der Waals surface area contributed by atoms with Crippen molar-refractivity contribution in [1.82, 2.24) is 0 Å². The molecule has 1 heterocycles. The van der Waals surface area contributed by atoms with Crippen molar-refractivity contribution in [3.63, 3.8) is 0 Å². The Balaban J connectivity index is 1.61. The van der Waals surface area contributed by atoms with Crippen molar-refractivity contribution < 1.29 is 28.5 Å². The first kappa shape index (κ1) is 55.7. The van der Waals surface area contributed by atoms with Gasteiger partial charge in [0.25, 0.3) is 0 Å². The lowest BCUT2D eigenvalue weighted by Gasteiger charge is -2.28. The molecule has 61 heavy (non-hydrogen) atoms. The predicted molar refractivity (Wildman–Crippen MR) is 258 cm³/mol. The van der Waals surface area contributed by atoms with Crippen molar-refractivity contribution in [3.05, 3.63) is 11.6 Å². The summed E-state index contributed by atoms with van der Waals surface area (Å²) in [6.07, 6.45) is 49.6. The molecule has 0 N–H and O–H groups in total. The van der Waals surface area contributed by atoms with Gasteiger partial charge in [0.2, 0.25) is 0 Å². The Morgan fingerprint density at radius 3 is 1.41 bits per heavy atom. The van der Waals surface area contributed by atoms with E-state index in [-0.39, 0.29) is 18.0 Å². The van der Waals surface area contributed by atoms with E-state index in [2.05, 4.69) is 33.8 Å². The number of hydrogen-bond donors (Lipinski definition) is 0. The molecule has 0 aromatic rings. The van der Waals surface area contributed by atoms with Crippen molar-refractivity contribution in [2.75, 3.05) is 19.8 Å². The lowest BCUT2D eigenvalue weighted by Crippen LogP contribution is -2.31. The standard InChI is InChI=1S/C55H102O6/c1-5-9-24-36-50(37-25-10-6-2)46-53(56)58-44-32-21-17-13-15-19-30-42-55(60-48-52(61-55)41-40-49-34-28-23-29-35-49)43-31-20-16-14-18-22-33-45-59-54(57)47-51(38-26-11-7-3)39-27-12-8-4/h34,50-52H,5-33,35-48H2,1-4H3. The molecule has 0 radical (unpaired) electrons. The number of unbranched alkanes of at least 4 members (excludes halogenated alkanes) is 20. The fourth-order valence-corrected chi connectivity index (χ4v) is 9.77. The van der Waals surface area contributed by atoms with Gasteiger partial charge in [-0.2, -0.15) is 0 Å². The van der Waals surface area contributed by atoms with Gasteiger partial charge in [-0.1, -0.05) is 181 Å². The highest BCUT2D eigenvalue weighted by molar-refractivity contribution is 5.70. The normalized spacial score (nSPS) is 16.4. The molecule has 0 spiro atoms. The highest BCUT2D eigenvalue weighted by atomic mass is 16.7. The zero-order chi connectivity index (χ0) is 43.9. The zero-order valence-corrected chi connectivity index (χ0v) is 41.2. The maximum absolute atomic E-state index is 12.6. The molecule has 2 aliphatic rings. The summed E-state index contributed by atoms with van der Waals surface area (Å²) in [5, 5.41) is 0. The number of esters is 2. The molecule has 1 atom stereocenters. The summed E-state index contributed by atoms with van der Waals surface area (Å²) in [5.74, 6) is 0.665. The highest BCUT2D eigenvalue weighted by Crippen LogP contribution is 2.37. The minimum atomic E-state index is -0.393. The van der Waals surface area contributed by atoms with Crippen molar-refractivity contribution in [3.8, 4) is 0 Å². The minimum Gasteiger partial charge on any atom is -0.466 e. The highest BCUT2D eigenvalue weighted by Gasteiger charge is 2.40. The van der Waals surface area contributed by atoms with Crippen molar-refractivity contribution in [2.45, 2.75) is 296 Å². The van der Waals surface area contributed by atoms with Gasteiger partial charge in [0.05, 0.1) is 25.9 Å². The van der Waals surface area contributed by atoms with Gasteiger partial charge in [-0.3, -0.25) is 9.59 Å². The number of ether oxygens (including phenoxy) is 4. The van der Waals surface area contributed by atoms with Crippen LogP contribution in [0.25, 0.3) is 0 Å². The summed E-state index contributed by atoms with van der Waals surface area (Å²) in [4.78, 5) is 25.2. The Morgan fingerprint density at radius 2 is 1.00 bits per heavy atom. The number of carbonyl (C=O) groups excluding carboxylic acids is 2. The number of carbonyl (C=O) groups is 2. The number of allylic oxidation sites excluding steroid dienone is 2. The van der Waals surface area contributed by atoms with Gasteiger partial charge >= 0.3 is 11.9 Å². The van der Waals surface area contributed by atoms with Crippen LogP contribution in [0.4, 0.5) is 0 Å². The summed E-state index contributed by atoms with van der Waals surface area (Å²) < 4.78 is 24.8. The van der Waals surface area contributed by atoms with Crippen molar-refractivity contribution in [1.29, 1.82) is 0 Å². The van der Waals surface area contributed by atoms with E-state index in [1.165, 1.54) is 186 Å². The monoisotopic (exact) mass is 859 g/mol. The van der Waals surface area contributed by atoms with Crippen LogP contribution < -0.4 is 0 Å². The molecule has 2 rings (SSSR count). The van der Waals surface area contributed by atoms with Crippen LogP contribution in [-0.2, 0) is 28.5 Å². The van der Waals surface area contributed by atoms with Crippen molar-refractivity contribution in [2.24, 2.45) is 11.8 Å². The molecule has 1 unspecified atom stereocenters. The Bertz CT molecular complexity index is 977. The second-order valence-electron chi connectivity index (χ2n) is 19.6. The molecule has 1 saturated heterocycles. The average Bonchev–Trinajstić information content (AvgIpc) is 3.67. The van der Waals surface area contributed by atoms with Crippen LogP contribution in [0.1, 0.15) is 285 Å². The molecule has 0 aromatic heterocycles. The Hall–Kier alpha value is -1.40. The molecule has 0 bridgehead atoms. The first-order valence-electron chi connectivity index (χ1n) is 27.2. The second kappa shape index (κ2) is 39.0. The molecule has 0 amide bonds. The number of rotatable bonds is 43. The fourth-order valence-electron chi connectivity index (χ4n) is 9.77. The van der Waals surface area contributed by atoms with E-state index in [9.17, 15) is 9.59 Å². The minimum absolute atomic E-state index is 0.0252. The summed E-state index contributed by atoms with van der Waals surface area (Å²) in [5.41, 5.74) is 1.64. The van der Waals surface area contributed by atoms with Gasteiger partial charge in [0, 0.05) is 25.7 Å². The van der Waals surface area contributed by atoms with E-state index in [1.807, 2.05) is 0 Å². The van der Waals surface area contributed by atoms with Crippen LogP contribution >= 0.6 is 0 Å². The van der Waals surface area contributed by atoms with Crippen LogP contribution in [0.2, 0.25) is 0 Å². The fraction of sp³-hybridized carbons (Fsp3) is 0.927. The average molecular weight is 859 g/mol. The van der Waals surface area contributed by atoms with Gasteiger partial charge in [-0.25, -0.2) is 0 Å². The SMILES string of the molecule is CCCCCC(CCCCC)CC(=O)OCCCCCCCCCC1(CCCCCCCCCOC(=O)CC(CCCCC)CCCCC)OCC(CCC2=CCCCC2)O1. The first-order chi connectivity index (χ1) is 29.9. The molecule has 6 heteroatoms. The maximum Gasteiger partial charge on any atom is 0.306 e. The quantitative estimate of drug-likeness (QED) is 0.0346. The Kier molecular flexibility index (Phi) is 35.6. The van der Waals surface area contributed by atoms with Crippen LogP contribution in [0.3, 0.4) is 0 Å². The topological polar surface area (TPSA) is 71.1 Å². The second-order valence-corrected chi connectivity index (χ2v) is 19.6. The van der Waals surface area contributed by atoms with E-state index in [0.717, 1.165) is 64.4 Å². The Labute approximate surface area is 379 Å². The van der Waals surface area contributed by atoms with Crippen LogP contribution in [0.5, 0.6) is 0 Å². The van der Waals surface area contributed by atoms with E-state index < -0.39 is 5.79 Å². The number of hydrogen-bond acceptors (Lipinski definition) is 6. The molecule has 1 fully saturated rings. The maximum atomic E-state index is 12.6. The first-order valence-corrected chi connectivity index (χ1v) is 27.2. The molecule has 6 nitrogen and oxygen atoms in total. The van der Waals surface area contributed by atoms with Gasteiger partial charge in [-0.15, -0.1) is 0 Å². The molecular formula is C55H102O6. The largest absolute Gasteiger partial charge is 0.466 e. The molecule has 358 valence electrons. The summed E-state index contributed by atoms with van der Waals surface area (Å²) in [7, 11) is 0. The third-order valence-corrected chi connectivity index (χ3v) is 13.8. The molecule has 0 saturated carbocycles. The molecule has 1 aliphatic carbocycles. The van der Waals surface area contributed by atoms with Crippen LogP contribution in [-0.4, -0.2) is 43.7 Å². The smallest absolute Gasteiger partial charge is 0.306 e. The van der Waals surface area contributed by atoms with E-state index in [0.29, 0.717) is 37.9 Å². The molecular weight excluding hydrogens is 757 g/mol. The van der Waals surface area contributed by atoms with E-state index in [4.69, 9.17) is 18.9 Å². The summed E-state index contributed by atoms with van der Waals surface area (Å²) in [6.45, 7) is 10.9. The molecule has 1 aliphatic heterocycles. The van der Waals surface area contributed by atoms with E-state index >= 15 is 0 Å². The van der Waals surface area contributed by atoms with Gasteiger partial charge in [0.1, 0.15) is 0 Å². The summed E-state index contributed by atoms with van der Waals surface area (Å²) in [6, 6.07) is 0. The summed E-state index contributed by atoms with van der Waals surface area (Å²) >= 11 is 0. The predicted octanol–water partition coefficient (Wildman–Crippen LogP) is 17.0. The van der Waals surface area contributed by atoms with Crippen LogP contribution in [0.15, 0.2) is 11.6 Å². The Morgan fingerprint density at radius 1 is 0.574 bits per heavy atom. The van der Waals surface area contributed by atoms with Gasteiger partial charge in [-0.05, 0) is 102 Å². The van der Waals surface area contributed by atoms with Gasteiger partial charge in [0.15, 0.2) is 5.79 Å². The van der Waals surface area contributed by atoms with E-state index in [1.54, 1.807) is 5.57 Å². The third kappa shape index (κ3) is 30.4. The zero-order valence-electron chi connectivity index (χ0n) is 41.2. The van der Waals surface area contributed by atoms with Crippen LogP contribution in [0, 0.1) is 11.8 Å².